The molecule has 1 atom stereocenters. The zero-order chi connectivity index (χ0) is 13.8. The molecule has 1 aliphatic heterocycles. The Morgan fingerprint density at radius 1 is 1.53 bits per heavy atom. The molecule has 7 heteroatoms. The Morgan fingerprint density at radius 3 is 3.00 bits per heavy atom. The minimum atomic E-state index is -0.877. The third-order valence-electron chi connectivity index (χ3n) is 3.29. The summed E-state index contributed by atoms with van der Waals surface area (Å²) in [4.78, 5) is 28.7. The first-order valence-electron chi connectivity index (χ1n) is 6.36. The van der Waals surface area contributed by atoms with Gasteiger partial charge in [-0.1, -0.05) is 0 Å². The lowest BCUT2D eigenvalue weighted by molar-refractivity contribution is -0.137. The quantitative estimate of drug-likeness (QED) is 0.776. The van der Waals surface area contributed by atoms with E-state index in [1.54, 1.807) is 22.0 Å². The molecular formula is C12H18N4O3. The van der Waals surface area contributed by atoms with Crippen LogP contribution in [0.1, 0.15) is 29.8 Å². The van der Waals surface area contributed by atoms with Crippen molar-refractivity contribution in [1.29, 1.82) is 0 Å². The molecule has 1 aromatic rings. The second kappa shape index (κ2) is 5.83. The van der Waals surface area contributed by atoms with Crippen LogP contribution in [0, 0.1) is 0 Å². The summed E-state index contributed by atoms with van der Waals surface area (Å²) in [5, 5.41) is 8.85. The molecule has 1 amide bonds. The SMILES string of the molecule is NCCn1cnc(C(=O)N2CCCC2CC(=O)O)c1. The van der Waals surface area contributed by atoms with Crippen LogP contribution in [0.25, 0.3) is 0 Å². The summed E-state index contributed by atoms with van der Waals surface area (Å²) in [5.41, 5.74) is 5.79. The number of rotatable bonds is 5. The van der Waals surface area contributed by atoms with Crippen LogP contribution in [0.4, 0.5) is 0 Å². The van der Waals surface area contributed by atoms with E-state index >= 15 is 0 Å². The molecule has 19 heavy (non-hydrogen) atoms. The van der Waals surface area contributed by atoms with Gasteiger partial charge >= 0.3 is 5.97 Å². The Morgan fingerprint density at radius 2 is 2.32 bits per heavy atom. The number of aliphatic carboxylic acids is 1. The minimum absolute atomic E-state index is 0.00471. The molecule has 0 aromatic carbocycles. The van der Waals surface area contributed by atoms with Gasteiger partial charge in [-0.3, -0.25) is 9.59 Å². The van der Waals surface area contributed by atoms with Gasteiger partial charge in [0.2, 0.25) is 0 Å². The zero-order valence-electron chi connectivity index (χ0n) is 10.7. The number of carbonyl (C=O) groups is 2. The van der Waals surface area contributed by atoms with E-state index in [9.17, 15) is 9.59 Å². The highest BCUT2D eigenvalue weighted by molar-refractivity contribution is 5.92. The number of imidazole rings is 1. The van der Waals surface area contributed by atoms with Crippen molar-refractivity contribution >= 4 is 11.9 Å². The molecule has 0 spiro atoms. The van der Waals surface area contributed by atoms with Crippen molar-refractivity contribution in [3.63, 3.8) is 0 Å². The van der Waals surface area contributed by atoms with E-state index in [4.69, 9.17) is 10.8 Å². The van der Waals surface area contributed by atoms with Crippen LogP contribution in [0.3, 0.4) is 0 Å². The third kappa shape index (κ3) is 3.11. The standard InChI is InChI=1S/C12H18N4O3/c13-3-5-15-7-10(14-8-15)12(19)16-4-1-2-9(16)6-11(17)18/h7-9H,1-6,13H2,(H,17,18). The molecular weight excluding hydrogens is 248 g/mol. The predicted molar refractivity (Wildman–Crippen MR) is 67.6 cm³/mol. The van der Waals surface area contributed by atoms with E-state index in [0.717, 1.165) is 12.8 Å². The molecule has 2 rings (SSSR count). The second-order valence-corrected chi connectivity index (χ2v) is 4.68. The van der Waals surface area contributed by atoms with Gasteiger partial charge in [0.15, 0.2) is 0 Å². The minimum Gasteiger partial charge on any atom is -0.481 e. The van der Waals surface area contributed by atoms with Crippen molar-refractivity contribution in [1.82, 2.24) is 14.5 Å². The number of likely N-dealkylation sites (tertiary alicyclic amines) is 1. The summed E-state index contributed by atoms with van der Waals surface area (Å²) in [6.45, 7) is 1.69. The average molecular weight is 266 g/mol. The highest BCUT2D eigenvalue weighted by Crippen LogP contribution is 2.22. The van der Waals surface area contributed by atoms with Gasteiger partial charge in [-0.05, 0) is 12.8 Å². The first-order valence-corrected chi connectivity index (χ1v) is 6.36. The monoisotopic (exact) mass is 266 g/mol. The van der Waals surface area contributed by atoms with Crippen molar-refractivity contribution in [2.45, 2.75) is 31.8 Å². The van der Waals surface area contributed by atoms with Gasteiger partial charge in [-0.25, -0.2) is 4.98 Å². The summed E-state index contributed by atoms with van der Waals surface area (Å²) < 4.78 is 1.76. The van der Waals surface area contributed by atoms with Gasteiger partial charge in [0.25, 0.3) is 5.91 Å². The van der Waals surface area contributed by atoms with Crippen molar-refractivity contribution in [2.24, 2.45) is 5.73 Å². The molecule has 1 fully saturated rings. The molecule has 0 saturated carbocycles. The summed E-state index contributed by atoms with van der Waals surface area (Å²) in [6.07, 6.45) is 4.80. The molecule has 7 nitrogen and oxygen atoms in total. The smallest absolute Gasteiger partial charge is 0.305 e. The van der Waals surface area contributed by atoms with Gasteiger partial charge in [-0.2, -0.15) is 0 Å². The maximum Gasteiger partial charge on any atom is 0.305 e. The zero-order valence-corrected chi connectivity index (χ0v) is 10.7. The normalized spacial score (nSPS) is 18.8. The molecule has 1 aliphatic rings. The van der Waals surface area contributed by atoms with Crippen molar-refractivity contribution < 1.29 is 14.7 Å². The van der Waals surface area contributed by atoms with Crippen LogP contribution in [-0.2, 0) is 11.3 Å². The summed E-state index contributed by atoms with van der Waals surface area (Å²) in [5.74, 6) is -1.07. The van der Waals surface area contributed by atoms with E-state index in [-0.39, 0.29) is 18.4 Å². The van der Waals surface area contributed by atoms with E-state index in [0.29, 0.717) is 25.3 Å². The van der Waals surface area contributed by atoms with Crippen LogP contribution in [0.5, 0.6) is 0 Å². The van der Waals surface area contributed by atoms with E-state index in [2.05, 4.69) is 4.98 Å². The van der Waals surface area contributed by atoms with Crippen LogP contribution in [-0.4, -0.2) is 50.6 Å². The first kappa shape index (κ1) is 13.5. The Kier molecular flexibility index (Phi) is 4.16. The lowest BCUT2D eigenvalue weighted by Gasteiger charge is -2.22. The fourth-order valence-corrected chi connectivity index (χ4v) is 2.41. The van der Waals surface area contributed by atoms with Crippen molar-refractivity contribution in [3.05, 3.63) is 18.2 Å². The van der Waals surface area contributed by atoms with Crippen LogP contribution in [0.2, 0.25) is 0 Å². The fraction of sp³-hybridized carbons (Fsp3) is 0.583. The fourth-order valence-electron chi connectivity index (χ4n) is 2.41. The molecule has 104 valence electrons. The molecule has 0 aliphatic carbocycles. The maximum absolute atomic E-state index is 12.3. The van der Waals surface area contributed by atoms with E-state index in [1.165, 1.54) is 0 Å². The van der Waals surface area contributed by atoms with Crippen LogP contribution in [0.15, 0.2) is 12.5 Å². The van der Waals surface area contributed by atoms with Gasteiger partial charge in [-0.15, -0.1) is 0 Å². The van der Waals surface area contributed by atoms with Crippen LogP contribution >= 0.6 is 0 Å². The molecule has 0 radical (unpaired) electrons. The second-order valence-electron chi connectivity index (χ2n) is 4.68. The maximum atomic E-state index is 12.3. The molecule has 1 saturated heterocycles. The van der Waals surface area contributed by atoms with E-state index < -0.39 is 5.97 Å². The number of nitrogens with zero attached hydrogens (tertiary/aromatic N) is 3. The van der Waals surface area contributed by atoms with Crippen LogP contribution < -0.4 is 5.73 Å². The number of amides is 1. The first-order chi connectivity index (χ1) is 9.11. The summed E-state index contributed by atoms with van der Waals surface area (Å²) >= 11 is 0. The van der Waals surface area contributed by atoms with Crippen molar-refractivity contribution in [3.8, 4) is 0 Å². The Hall–Kier alpha value is -1.89. The number of carboxylic acid groups (broad SMARTS) is 1. The lowest BCUT2D eigenvalue weighted by atomic mass is 10.1. The number of carbonyl (C=O) groups excluding carboxylic acids is 1. The Labute approximate surface area is 111 Å². The highest BCUT2D eigenvalue weighted by Gasteiger charge is 2.31. The van der Waals surface area contributed by atoms with Crippen molar-refractivity contribution in [2.75, 3.05) is 13.1 Å². The number of aromatic nitrogens is 2. The molecule has 0 bridgehead atoms. The lowest BCUT2D eigenvalue weighted by Crippen LogP contribution is -2.37. The summed E-state index contributed by atoms with van der Waals surface area (Å²) in [6, 6.07) is -0.218. The Bertz CT molecular complexity index is 471. The number of hydrogen-bond donors (Lipinski definition) is 2. The Balaban J connectivity index is 2.06. The third-order valence-corrected chi connectivity index (χ3v) is 3.29. The molecule has 1 aromatic heterocycles. The largest absolute Gasteiger partial charge is 0.481 e. The van der Waals surface area contributed by atoms with Gasteiger partial charge < -0.3 is 20.3 Å². The number of nitrogens with two attached hydrogens (primary N) is 1. The number of carboxylic acids is 1. The van der Waals surface area contributed by atoms with Gasteiger partial charge in [0.05, 0.1) is 12.7 Å². The summed E-state index contributed by atoms with van der Waals surface area (Å²) in [7, 11) is 0. The highest BCUT2D eigenvalue weighted by atomic mass is 16.4. The van der Waals surface area contributed by atoms with Gasteiger partial charge in [0, 0.05) is 31.9 Å². The predicted octanol–water partition coefficient (Wildman–Crippen LogP) is -0.0789. The average Bonchev–Trinajstić information content (AvgIpc) is 2.97. The molecule has 2 heterocycles. The molecule has 1 unspecified atom stereocenters. The van der Waals surface area contributed by atoms with E-state index in [1.807, 2.05) is 0 Å². The molecule has 3 N–H and O–H groups in total. The number of hydrogen-bond acceptors (Lipinski definition) is 4. The topological polar surface area (TPSA) is 101 Å². The van der Waals surface area contributed by atoms with Gasteiger partial charge in [0.1, 0.15) is 5.69 Å².